The van der Waals surface area contributed by atoms with E-state index in [2.05, 4.69) is 47.6 Å². The van der Waals surface area contributed by atoms with Crippen LogP contribution in [0.2, 0.25) is 0 Å². The van der Waals surface area contributed by atoms with Crippen molar-refractivity contribution in [2.75, 3.05) is 7.11 Å². The number of allylic oxidation sites excluding steroid dienone is 1. The molecule has 0 heterocycles. The molecule has 45 heavy (non-hydrogen) atoms. The Hall–Kier alpha value is -2.51. The van der Waals surface area contributed by atoms with Crippen molar-refractivity contribution in [2.24, 2.45) is 45.3 Å². The molecule has 0 unspecified atom stereocenters. The van der Waals surface area contributed by atoms with Crippen molar-refractivity contribution in [1.82, 2.24) is 0 Å². The maximum Gasteiger partial charge on any atom is 0.338 e. The number of aliphatic hydroxyl groups is 1. The second-order valence-electron chi connectivity index (χ2n) is 16.4. The average Bonchev–Trinajstić information content (AvgIpc) is 3.25. The summed E-state index contributed by atoms with van der Waals surface area (Å²) >= 11 is 0. The third kappa shape index (κ3) is 5.50. The van der Waals surface area contributed by atoms with Crippen molar-refractivity contribution in [3.05, 3.63) is 63.2 Å². The predicted octanol–water partition coefficient (Wildman–Crippen LogP) is 8.70. The highest BCUT2D eigenvalue weighted by atomic mass is 16.6. The first-order valence-electron chi connectivity index (χ1n) is 17.0. The van der Waals surface area contributed by atoms with E-state index in [1.54, 1.807) is 0 Å². The highest BCUT2D eigenvalue weighted by Crippen LogP contribution is 2.75. The lowest BCUT2D eigenvalue weighted by Crippen LogP contribution is -2.63. The first-order valence-corrected chi connectivity index (χ1v) is 17.0. The molecule has 0 radical (unpaired) electrons. The van der Waals surface area contributed by atoms with Crippen molar-refractivity contribution in [2.45, 2.75) is 119 Å². The second kappa shape index (κ2) is 11.9. The number of carbonyl (C=O) groups is 1. The maximum absolute atomic E-state index is 13.1. The van der Waals surface area contributed by atoms with Gasteiger partial charge >= 0.3 is 5.97 Å². The number of fused-ring (bicyclic) bond motifs is 5. The van der Waals surface area contributed by atoms with Crippen LogP contribution in [0.3, 0.4) is 0 Å². The molecule has 7 heteroatoms. The van der Waals surface area contributed by atoms with E-state index in [0.29, 0.717) is 29.2 Å². The molecule has 0 aromatic heterocycles. The van der Waals surface area contributed by atoms with E-state index >= 15 is 0 Å². The summed E-state index contributed by atoms with van der Waals surface area (Å²) in [5.74, 6) is 1.20. The fraction of sp³-hybridized carbons (Fsp3) is 0.711. The Morgan fingerprint density at radius 2 is 1.71 bits per heavy atom. The second-order valence-corrected chi connectivity index (χ2v) is 16.4. The van der Waals surface area contributed by atoms with Gasteiger partial charge in [-0.25, -0.2) is 4.79 Å². The van der Waals surface area contributed by atoms with Gasteiger partial charge in [0.05, 0.1) is 22.7 Å². The lowest BCUT2D eigenvalue weighted by atomic mass is 9.38. The summed E-state index contributed by atoms with van der Waals surface area (Å²) in [4.78, 5) is 23.8. The van der Waals surface area contributed by atoms with E-state index in [1.807, 2.05) is 27.0 Å². The highest BCUT2D eigenvalue weighted by Gasteiger charge is 2.69. The Kier molecular flexibility index (Phi) is 8.98. The molecule has 0 bridgehead atoms. The fourth-order valence-electron chi connectivity index (χ4n) is 10.9. The number of nitro groups is 1. The largest absolute Gasteiger partial charge is 0.455 e. The van der Waals surface area contributed by atoms with Gasteiger partial charge in [0.15, 0.2) is 0 Å². The number of rotatable bonds is 8. The minimum atomic E-state index is -0.468. The summed E-state index contributed by atoms with van der Waals surface area (Å²) < 4.78 is 12.4. The molecule has 0 spiro atoms. The number of ether oxygens (including phenoxy) is 2. The zero-order valence-corrected chi connectivity index (χ0v) is 28.9. The summed E-state index contributed by atoms with van der Waals surface area (Å²) in [6.45, 7) is 18.4. The van der Waals surface area contributed by atoms with Crippen LogP contribution in [0.5, 0.6) is 0 Å². The standard InChI is InChI=1S/C38H55NO6/c1-23(2)20-27(45-34(41)25-10-12-26(13-11-25)39(42)43)21-24(3)28-16-17-38(8)33-31(44-9)22-30-29(14-15-32(40)35(30,4)5)36(33,6)18-19-37(28,38)7/h10-13,20,22,24,27-29,31-33,40H,14-19,21H2,1-9H3/t24-,27+,28-,29-,31+,32+,33-,36+,37-,38+/m1/s1. The fourth-order valence-corrected chi connectivity index (χ4v) is 10.9. The molecule has 1 aromatic rings. The van der Waals surface area contributed by atoms with Crippen LogP contribution >= 0.6 is 0 Å². The Bertz CT molecular complexity index is 1360. The number of methoxy groups -OCH3 is 1. The molecule has 1 N–H and O–H groups in total. The molecular formula is C38H55NO6. The molecule has 248 valence electrons. The third-order valence-corrected chi connectivity index (χ3v) is 13.5. The van der Waals surface area contributed by atoms with E-state index in [9.17, 15) is 20.0 Å². The van der Waals surface area contributed by atoms with E-state index in [-0.39, 0.29) is 45.7 Å². The molecule has 7 nitrogen and oxygen atoms in total. The maximum atomic E-state index is 13.1. The van der Waals surface area contributed by atoms with Crippen molar-refractivity contribution in [3.8, 4) is 0 Å². The van der Waals surface area contributed by atoms with Crippen LogP contribution in [-0.4, -0.2) is 41.4 Å². The van der Waals surface area contributed by atoms with Gasteiger partial charge in [0, 0.05) is 30.6 Å². The monoisotopic (exact) mass is 621 g/mol. The SMILES string of the molecule is CO[C@H]1C=C2[C@@H](CC[C@H](O)C2(C)C)[C@]2(C)CC[C@]3(C)[C@@H]([C@H](C)C[C@H](C=C(C)C)OC(=O)c4ccc([N+](=O)[O-])cc4)CC[C@@]3(C)[C@H]12. The highest BCUT2D eigenvalue weighted by molar-refractivity contribution is 5.89. The molecular weight excluding hydrogens is 566 g/mol. The van der Waals surface area contributed by atoms with E-state index in [1.165, 1.54) is 29.8 Å². The van der Waals surface area contributed by atoms with Gasteiger partial charge in [-0.05, 0) is 111 Å². The molecule has 5 rings (SSSR count). The summed E-state index contributed by atoms with van der Waals surface area (Å²) in [5.41, 5.74) is 2.83. The number of carbonyl (C=O) groups excluding carboxylic acids is 1. The molecule has 0 saturated heterocycles. The van der Waals surface area contributed by atoms with E-state index in [4.69, 9.17) is 9.47 Å². The van der Waals surface area contributed by atoms with Gasteiger partial charge in [-0.15, -0.1) is 0 Å². The number of esters is 1. The number of aliphatic hydroxyl groups excluding tert-OH is 1. The molecule has 3 fully saturated rings. The number of non-ortho nitro benzene ring substituents is 1. The van der Waals surface area contributed by atoms with E-state index < -0.39 is 10.9 Å². The van der Waals surface area contributed by atoms with Gasteiger partial charge in [0.2, 0.25) is 0 Å². The van der Waals surface area contributed by atoms with E-state index in [0.717, 1.165) is 50.5 Å². The number of nitro benzene ring substituents is 1. The van der Waals surface area contributed by atoms with Crippen molar-refractivity contribution < 1.29 is 24.3 Å². The molecule has 3 saturated carbocycles. The number of benzene rings is 1. The Balaban J connectivity index is 1.40. The van der Waals surface area contributed by atoms with Crippen LogP contribution in [0.4, 0.5) is 5.69 Å². The van der Waals surface area contributed by atoms with Gasteiger partial charge in [-0.1, -0.05) is 58.8 Å². The minimum absolute atomic E-state index is 0.0191. The minimum Gasteiger partial charge on any atom is -0.455 e. The van der Waals surface area contributed by atoms with Crippen LogP contribution < -0.4 is 0 Å². The lowest BCUT2D eigenvalue weighted by Gasteiger charge is -2.67. The number of hydrogen-bond acceptors (Lipinski definition) is 6. The molecule has 1 aromatic carbocycles. The summed E-state index contributed by atoms with van der Waals surface area (Å²) in [5, 5.41) is 22.1. The molecule has 0 aliphatic heterocycles. The lowest BCUT2D eigenvalue weighted by molar-refractivity contribution is -0.384. The predicted molar refractivity (Wildman–Crippen MR) is 177 cm³/mol. The van der Waals surface area contributed by atoms with Gasteiger partial charge < -0.3 is 14.6 Å². The van der Waals surface area contributed by atoms with Gasteiger partial charge in [-0.2, -0.15) is 0 Å². The Morgan fingerprint density at radius 3 is 2.31 bits per heavy atom. The topological polar surface area (TPSA) is 98.9 Å². The van der Waals surface area contributed by atoms with Gasteiger partial charge in [0.25, 0.3) is 5.69 Å². The molecule has 10 atom stereocenters. The number of hydrogen-bond donors (Lipinski definition) is 1. The molecule has 0 amide bonds. The zero-order valence-electron chi connectivity index (χ0n) is 28.9. The van der Waals surface area contributed by atoms with Crippen LogP contribution in [0.25, 0.3) is 0 Å². The van der Waals surface area contributed by atoms with Gasteiger partial charge in [0.1, 0.15) is 6.10 Å². The van der Waals surface area contributed by atoms with Crippen molar-refractivity contribution in [1.29, 1.82) is 0 Å². The first kappa shape index (κ1) is 33.8. The first-order chi connectivity index (χ1) is 21.0. The van der Waals surface area contributed by atoms with Crippen LogP contribution in [0.1, 0.15) is 111 Å². The average molecular weight is 622 g/mol. The summed E-state index contributed by atoms with van der Waals surface area (Å²) in [6.07, 6.45) is 11.0. The Morgan fingerprint density at radius 1 is 1.04 bits per heavy atom. The van der Waals surface area contributed by atoms with Crippen molar-refractivity contribution in [3.63, 3.8) is 0 Å². The van der Waals surface area contributed by atoms with Gasteiger partial charge in [-0.3, -0.25) is 10.1 Å². The normalized spacial score (nSPS) is 38.1. The van der Waals surface area contributed by atoms with Crippen LogP contribution in [0, 0.1) is 55.4 Å². The summed E-state index contributed by atoms with van der Waals surface area (Å²) in [6, 6.07) is 5.63. The quantitative estimate of drug-likeness (QED) is 0.135. The van der Waals surface area contributed by atoms with Crippen LogP contribution in [-0.2, 0) is 9.47 Å². The van der Waals surface area contributed by atoms with Crippen LogP contribution in [0.15, 0.2) is 47.6 Å². The Labute approximate surface area is 270 Å². The molecule has 4 aliphatic carbocycles. The molecule has 4 aliphatic rings. The summed E-state index contributed by atoms with van der Waals surface area (Å²) in [7, 11) is 1.86. The third-order valence-electron chi connectivity index (χ3n) is 13.5. The number of nitrogens with zero attached hydrogens (tertiary/aromatic N) is 1. The van der Waals surface area contributed by atoms with Crippen molar-refractivity contribution >= 4 is 11.7 Å². The smallest absolute Gasteiger partial charge is 0.338 e. The zero-order chi connectivity index (χ0) is 33.1.